The Bertz CT molecular complexity index is 503. The summed E-state index contributed by atoms with van der Waals surface area (Å²) in [5.74, 6) is -0.224. The molecule has 2 rings (SSSR count). The molecule has 0 saturated carbocycles. The van der Waals surface area contributed by atoms with Crippen LogP contribution in [-0.2, 0) is 11.2 Å². The van der Waals surface area contributed by atoms with Crippen molar-refractivity contribution < 1.29 is 9.90 Å². The van der Waals surface area contributed by atoms with E-state index in [4.69, 9.17) is 0 Å². The third kappa shape index (κ3) is 3.31. The Labute approximate surface area is 120 Å². The molecular weight excluding hydrogens is 252 g/mol. The number of nitrogens with zero attached hydrogens (tertiary/aromatic N) is 1. The highest BCUT2D eigenvalue weighted by Crippen LogP contribution is 2.32. The molecule has 0 amide bonds. The normalized spacial score (nSPS) is 15.7. The minimum atomic E-state index is -0.744. The van der Waals surface area contributed by atoms with Crippen molar-refractivity contribution in [3.05, 3.63) is 29.1 Å². The predicted octanol–water partition coefficient (Wildman–Crippen LogP) is 3.08. The van der Waals surface area contributed by atoms with Crippen LogP contribution < -0.4 is 0 Å². The lowest BCUT2D eigenvalue weighted by atomic mass is 9.94. The standard InChI is InChI=1S/C16H24N2O2/c1-11(2)10-18(3)15(8-16(19)20)13-9-17-14-7-5-4-6-12(13)14/h5,7,9,11,15,17H,4,6,8,10H2,1-3H3,(H,19,20). The topological polar surface area (TPSA) is 56.3 Å². The summed E-state index contributed by atoms with van der Waals surface area (Å²) in [5.41, 5.74) is 3.57. The van der Waals surface area contributed by atoms with Crippen LogP contribution in [0.5, 0.6) is 0 Å². The number of aromatic amines is 1. The van der Waals surface area contributed by atoms with Crippen molar-refractivity contribution in [3.8, 4) is 0 Å². The van der Waals surface area contributed by atoms with Crippen LogP contribution in [-0.4, -0.2) is 34.6 Å². The molecule has 4 nitrogen and oxygen atoms in total. The smallest absolute Gasteiger partial charge is 0.305 e. The second-order valence-electron chi connectivity index (χ2n) is 6.02. The molecule has 20 heavy (non-hydrogen) atoms. The van der Waals surface area contributed by atoms with Gasteiger partial charge in [-0.15, -0.1) is 0 Å². The molecule has 0 bridgehead atoms. The number of hydrogen-bond donors (Lipinski definition) is 2. The number of aromatic nitrogens is 1. The molecule has 0 aromatic carbocycles. The summed E-state index contributed by atoms with van der Waals surface area (Å²) in [6.45, 7) is 5.21. The van der Waals surface area contributed by atoms with Crippen molar-refractivity contribution in [3.63, 3.8) is 0 Å². The highest BCUT2D eigenvalue weighted by Gasteiger charge is 2.25. The quantitative estimate of drug-likeness (QED) is 0.839. The fraction of sp³-hybridized carbons (Fsp3) is 0.562. The van der Waals surface area contributed by atoms with E-state index in [1.54, 1.807) is 0 Å². The number of hydrogen-bond acceptors (Lipinski definition) is 2. The maximum Gasteiger partial charge on any atom is 0.305 e. The Morgan fingerprint density at radius 1 is 1.50 bits per heavy atom. The van der Waals surface area contributed by atoms with E-state index in [-0.39, 0.29) is 12.5 Å². The number of allylic oxidation sites excluding steroid dienone is 1. The van der Waals surface area contributed by atoms with Crippen LogP contribution in [0.4, 0.5) is 0 Å². The van der Waals surface area contributed by atoms with E-state index in [0.29, 0.717) is 5.92 Å². The number of nitrogens with one attached hydrogen (secondary N) is 1. The summed E-state index contributed by atoms with van der Waals surface area (Å²) < 4.78 is 0. The number of carbonyl (C=O) groups is 1. The number of aliphatic carboxylic acids is 1. The van der Waals surface area contributed by atoms with Crippen LogP contribution in [0, 0.1) is 5.92 Å². The van der Waals surface area contributed by atoms with Gasteiger partial charge in [0, 0.05) is 24.5 Å². The maximum absolute atomic E-state index is 11.2. The largest absolute Gasteiger partial charge is 0.481 e. The molecule has 1 aliphatic carbocycles. The number of H-pyrrole nitrogens is 1. The van der Waals surface area contributed by atoms with Gasteiger partial charge in [-0.05, 0) is 43.0 Å². The Morgan fingerprint density at radius 2 is 2.25 bits per heavy atom. The van der Waals surface area contributed by atoms with Crippen molar-refractivity contribution in [2.75, 3.05) is 13.6 Å². The second kappa shape index (κ2) is 6.27. The van der Waals surface area contributed by atoms with Gasteiger partial charge in [0.05, 0.1) is 6.42 Å². The second-order valence-corrected chi connectivity index (χ2v) is 6.02. The number of fused-ring (bicyclic) bond motifs is 1. The van der Waals surface area contributed by atoms with Gasteiger partial charge in [-0.3, -0.25) is 9.69 Å². The first-order chi connectivity index (χ1) is 9.49. The van der Waals surface area contributed by atoms with Gasteiger partial charge in [-0.2, -0.15) is 0 Å². The Morgan fingerprint density at radius 3 is 2.90 bits per heavy atom. The van der Waals surface area contributed by atoms with E-state index in [9.17, 15) is 9.90 Å². The molecule has 1 heterocycles. The number of carboxylic acid groups (broad SMARTS) is 1. The van der Waals surface area contributed by atoms with Crippen LogP contribution in [0.25, 0.3) is 6.08 Å². The fourth-order valence-corrected chi connectivity index (χ4v) is 3.01. The average Bonchev–Trinajstić information content (AvgIpc) is 2.78. The summed E-state index contributed by atoms with van der Waals surface area (Å²) in [7, 11) is 2.02. The van der Waals surface area contributed by atoms with Gasteiger partial charge in [0.15, 0.2) is 0 Å². The van der Waals surface area contributed by atoms with Crippen LogP contribution in [0.1, 0.15) is 49.6 Å². The predicted molar refractivity (Wildman–Crippen MR) is 80.6 cm³/mol. The van der Waals surface area contributed by atoms with Crippen LogP contribution in [0.2, 0.25) is 0 Å². The molecule has 0 fully saturated rings. The van der Waals surface area contributed by atoms with Gasteiger partial charge in [-0.25, -0.2) is 0 Å². The molecule has 0 aliphatic heterocycles. The van der Waals surface area contributed by atoms with Gasteiger partial charge in [0.25, 0.3) is 0 Å². The molecule has 1 atom stereocenters. The van der Waals surface area contributed by atoms with Crippen molar-refractivity contribution in [2.24, 2.45) is 5.92 Å². The summed E-state index contributed by atoms with van der Waals surface area (Å²) in [6.07, 6.45) is 8.43. The summed E-state index contributed by atoms with van der Waals surface area (Å²) in [4.78, 5) is 16.7. The molecule has 1 unspecified atom stereocenters. The first kappa shape index (κ1) is 14.9. The van der Waals surface area contributed by atoms with Crippen molar-refractivity contribution in [1.82, 2.24) is 9.88 Å². The van der Waals surface area contributed by atoms with E-state index in [2.05, 4.69) is 35.9 Å². The van der Waals surface area contributed by atoms with Gasteiger partial charge in [0.2, 0.25) is 0 Å². The van der Waals surface area contributed by atoms with Crippen molar-refractivity contribution >= 4 is 12.0 Å². The summed E-state index contributed by atoms with van der Waals surface area (Å²) in [6, 6.07) is -0.0543. The Balaban J connectivity index is 2.28. The lowest BCUT2D eigenvalue weighted by Crippen LogP contribution is -2.30. The summed E-state index contributed by atoms with van der Waals surface area (Å²) in [5, 5.41) is 9.22. The third-order valence-electron chi connectivity index (χ3n) is 3.81. The number of carboxylic acids is 1. The zero-order valence-electron chi connectivity index (χ0n) is 12.5. The molecule has 1 aromatic heterocycles. The average molecular weight is 276 g/mol. The maximum atomic E-state index is 11.2. The lowest BCUT2D eigenvalue weighted by Gasteiger charge is -2.29. The first-order valence-electron chi connectivity index (χ1n) is 7.27. The monoisotopic (exact) mass is 276 g/mol. The van der Waals surface area contributed by atoms with Gasteiger partial charge >= 0.3 is 5.97 Å². The Kier molecular flexibility index (Phi) is 4.65. The zero-order chi connectivity index (χ0) is 14.7. The highest BCUT2D eigenvalue weighted by molar-refractivity contribution is 5.68. The molecule has 0 spiro atoms. The first-order valence-corrected chi connectivity index (χ1v) is 7.27. The van der Waals surface area contributed by atoms with Gasteiger partial charge < -0.3 is 10.1 Å². The summed E-state index contributed by atoms with van der Waals surface area (Å²) >= 11 is 0. The van der Waals surface area contributed by atoms with E-state index in [1.165, 1.54) is 5.56 Å². The lowest BCUT2D eigenvalue weighted by molar-refractivity contribution is -0.138. The van der Waals surface area contributed by atoms with Crippen LogP contribution in [0.3, 0.4) is 0 Å². The molecular formula is C16H24N2O2. The van der Waals surface area contributed by atoms with E-state index in [0.717, 1.165) is 30.6 Å². The molecule has 2 N–H and O–H groups in total. The molecule has 0 saturated heterocycles. The van der Waals surface area contributed by atoms with Crippen LogP contribution >= 0.6 is 0 Å². The molecule has 110 valence electrons. The zero-order valence-corrected chi connectivity index (χ0v) is 12.5. The molecule has 1 aromatic rings. The van der Waals surface area contributed by atoms with E-state index < -0.39 is 5.97 Å². The molecule has 4 heteroatoms. The minimum Gasteiger partial charge on any atom is -0.481 e. The van der Waals surface area contributed by atoms with E-state index >= 15 is 0 Å². The van der Waals surface area contributed by atoms with Crippen LogP contribution in [0.15, 0.2) is 12.3 Å². The third-order valence-corrected chi connectivity index (χ3v) is 3.81. The molecule has 1 aliphatic rings. The number of rotatable bonds is 6. The van der Waals surface area contributed by atoms with Crippen molar-refractivity contribution in [2.45, 2.75) is 39.2 Å². The molecule has 0 radical (unpaired) electrons. The van der Waals surface area contributed by atoms with Gasteiger partial charge in [0.1, 0.15) is 0 Å². The van der Waals surface area contributed by atoms with Gasteiger partial charge in [-0.1, -0.05) is 19.9 Å². The minimum absolute atomic E-state index is 0.0543. The fourth-order valence-electron chi connectivity index (χ4n) is 3.01. The van der Waals surface area contributed by atoms with E-state index in [1.807, 2.05) is 13.2 Å². The Hall–Kier alpha value is -1.55. The highest BCUT2D eigenvalue weighted by atomic mass is 16.4. The van der Waals surface area contributed by atoms with Crippen molar-refractivity contribution in [1.29, 1.82) is 0 Å². The SMILES string of the molecule is CC(C)CN(C)C(CC(=O)O)c1c[nH]c2c1CCC=C2.